The van der Waals surface area contributed by atoms with Crippen LogP contribution in [0.3, 0.4) is 0 Å². The van der Waals surface area contributed by atoms with E-state index in [-0.39, 0.29) is 5.91 Å². The van der Waals surface area contributed by atoms with Gasteiger partial charge in [0, 0.05) is 35.1 Å². The van der Waals surface area contributed by atoms with E-state index in [0.717, 1.165) is 21.8 Å². The quantitative estimate of drug-likeness (QED) is 0.791. The van der Waals surface area contributed by atoms with Gasteiger partial charge in [-0.3, -0.25) is 4.79 Å². The minimum Gasteiger partial charge on any atom is -0.478 e. The number of rotatable bonds is 5. The number of nitrogens with one attached hydrogen (secondary N) is 2. The van der Waals surface area contributed by atoms with Gasteiger partial charge < -0.3 is 15.7 Å². The van der Waals surface area contributed by atoms with Gasteiger partial charge >= 0.3 is 5.97 Å². The molecule has 0 bridgehead atoms. The van der Waals surface area contributed by atoms with Crippen LogP contribution in [0.4, 0.5) is 11.4 Å². The fourth-order valence-corrected chi connectivity index (χ4v) is 2.66. The van der Waals surface area contributed by atoms with Crippen molar-refractivity contribution in [3.8, 4) is 0 Å². The van der Waals surface area contributed by atoms with E-state index in [2.05, 4.69) is 10.6 Å². The van der Waals surface area contributed by atoms with Gasteiger partial charge in [-0.05, 0) is 30.7 Å². The number of carbonyl (C=O) groups excluding carboxylic acids is 1. The lowest BCUT2D eigenvalue weighted by molar-refractivity contribution is -0.114. The molecule has 3 N–H and O–H groups in total. The summed E-state index contributed by atoms with van der Waals surface area (Å²) in [5.41, 5.74) is 3.00. The third-order valence-electron chi connectivity index (χ3n) is 2.91. The van der Waals surface area contributed by atoms with Gasteiger partial charge in [-0.15, -0.1) is 11.3 Å². The third-order valence-corrected chi connectivity index (χ3v) is 3.85. The van der Waals surface area contributed by atoms with Crippen molar-refractivity contribution in [2.24, 2.45) is 0 Å². The fraction of sp³-hybridized carbons (Fsp3) is 0.200. The molecule has 0 spiro atoms. The third kappa shape index (κ3) is 4.06. The molecule has 0 aliphatic heterocycles. The van der Waals surface area contributed by atoms with Crippen LogP contribution in [0, 0.1) is 6.92 Å². The predicted molar refractivity (Wildman–Crippen MR) is 84.1 cm³/mol. The smallest absolute Gasteiger partial charge is 0.336 e. The number of benzene rings is 1. The minimum absolute atomic E-state index is 0.117. The molecule has 0 atom stereocenters. The number of hydrogen-bond donors (Lipinski definition) is 3. The monoisotopic (exact) mass is 304 g/mol. The Labute approximate surface area is 126 Å². The molecule has 6 heteroatoms. The van der Waals surface area contributed by atoms with Crippen LogP contribution in [0.15, 0.2) is 29.6 Å². The van der Waals surface area contributed by atoms with Gasteiger partial charge in [-0.2, -0.15) is 0 Å². The Morgan fingerprint density at radius 1 is 1.29 bits per heavy atom. The van der Waals surface area contributed by atoms with Crippen LogP contribution in [0.2, 0.25) is 0 Å². The van der Waals surface area contributed by atoms with Crippen LogP contribution < -0.4 is 10.6 Å². The van der Waals surface area contributed by atoms with Gasteiger partial charge in [0.05, 0.1) is 5.56 Å². The molecule has 1 aromatic carbocycles. The van der Waals surface area contributed by atoms with Crippen LogP contribution in [0.1, 0.15) is 27.7 Å². The molecule has 2 rings (SSSR count). The number of carboxylic acid groups (broad SMARTS) is 1. The van der Waals surface area contributed by atoms with Gasteiger partial charge in [-0.25, -0.2) is 4.79 Å². The number of hydrogen-bond acceptors (Lipinski definition) is 4. The summed E-state index contributed by atoms with van der Waals surface area (Å²) < 4.78 is 0. The first kappa shape index (κ1) is 15.1. The van der Waals surface area contributed by atoms with Gasteiger partial charge in [0.15, 0.2) is 0 Å². The van der Waals surface area contributed by atoms with E-state index in [9.17, 15) is 9.59 Å². The summed E-state index contributed by atoms with van der Waals surface area (Å²) in [6.07, 6.45) is 0. The lowest BCUT2D eigenvalue weighted by Gasteiger charge is -2.11. The largest absolute Gasteiger partial charge is 0.478 e. The zero-order valence-electron chi connectivity index (χ0n) is 11.8. The maximum atomic E-state index is 11.1. The normalized spacial score (nSPS) is 10.2. The first-order valence-electron chi connectivity index (χ1n) is 6.38. The summed E-state index contributed by atoms with van der Waals surface area (Å²) in [7, 11) is 0. The van der Waals surface area contributed by atoms with E-state index in [4.69, 9.17) is 5.11 Å². The van der Waals surface area contributed by atoms with Crippen LogP contribution in [0.25, 0.3) is 0 Å². The van der Waals surface area contributed by atoms with E-state index in [1.807, 2.05) is 25.1 Å². The van der Waals surface area contributed by atoms with Crippen molar-refractivity contribution in [3.05, 3.63) is 45.6 Å². The molecule has 0 unspecified atom stereocenters. The second kappa shape index (κ2) is 6.41. The topological polar surface area (TPSA) is 78.4 Å². The zero-order chi connectivity index (χ0) is 15.4. The first-order valence-corrected chi connectivity index (χ1v) is 7.26. The van der Waals surface area contributed by atoms with Crippen LogP contribution in [-0.4, -0.2) is 17.0 Å². The molecular formula is C15H16N2O3S. The number of amides is 1. The highest BCUT2D eigenvalue weighted by Gasteiger charge is 2.07. The molecule has 110 valence electrons. The number of thiophene rings is 1. The predicted octanol–water partition coefficient (Wildman–Crippen LogP) is 3.33. The van der Waals surface area contributed by atoms with Crippen molar-refractivity contribution in [2.75, 3.05) is 10.6 Å². The molecule has 0 aliphatic rings. The first-order chi connectivity index (χ1) is 9.95. The number of anilines is 2. The maximum absolute atomic E-state index is 11.1. The fourth-order valence-electron chi connectivity index (χ4n) is 1.86. The number of carboxylic acids is 1. The summed E-state index contributed by atoms with van der Waals surface area (Å²) >= 11 is 1.40. The molecule has 0 saturated carbocycles. The van der Waals surface area contributed by atoms with Crippen molar-refractivity contribution in [1.82, 2.24) is 0 Å². The molecule has 0 fully saturated rings. The number of aromatic carboxylic acids is 1. The summed E-state index contributed by atoms with van der Waals surface area (Å²) in [4.78, 5) is 22.8. The Morgan fingerprint density at radius 2 is 2.05 bits per heavy atom. The average molecular weight is 304 g/mol. The molecule has 0 aliphatic carbocycles. The molecule has 5 nitrogen and oxygen atoms in total. The minimum atomic E-state index is -0.915. The lowest BCUT2D eigenvalue weighted by Crippen LogP contribution is -2.07. The highest BCUT2D eigenvalue weighted by Crippen LogP contribution is 2.22. The van der Waals surface area contributed by atoms with Crippen molar-refractivity contribution in [2.45, 2.75) is 20.4 Å². The van der Waals surface area contributed by atoms with E-state index in [0.29, 0.717) is 12.1 Å². The van der Waals surface area contributed by atoms with E-state index in [1.54, 1.807) is 11.4 Å². The van der Waals surface area contributed by atoms with Gasteiger partial charge in [0.25, 0.3) is 0 Å². The van der Waals surface area contributed by atoms with Gasteiger partial charge in [0.2, 0.25) is 5.91 Å². The Morgan fingerprint density at radius 3 is 2.67 bits per heavy atom. The molecule has 2 aromatic rings. The Bertz CT molecular complexity index is 679. The second-order valence-corrected chi connectivity index (χ2v) is 5.67. The Kier molecular flexibility index (Phi) is 4.59. The average Bonchev–Trinajstić information content (AvgIpc) is 2.88. The number of aryl methyl sites for hydroxylation is 1. The zero-order valence-corrected chi connectivity index (χ0v) is 12.6. The van der Waals surface area contributed by atoms with E-state index in [1.165, 1.54) is 18.3 Å². The molecule has 21 heavy (non-hydrogen) atoms. The summed E-state index contributed by atoms with van der Waals surface area (Å²) in [5, 5.41) is 16.5. The Balaban J connectivity index is 2.07. The van der Waals surface area contributed by atoms with E-state index >= 15 is 0 Å². The molecule has 1 aromatic heterocycles. The molecule has 0 saturated heterocycles. The van der Waals surface area contributed by atoms with Crippen LogP contribution >= 0.6 is 11.3 Å². The molecule has 1 amide bonds. The lowest BCUT2D eigenvalue weighted by atomic mass is 10.1. The number of carbonyl (C=O) groups is 2. The second-order valence-electron chi connectivity index (χ2n) is 4.67. The molecule has 1 heterocycles. The molecule has 0 radical (unpaired) electrons. The summed E-state index contributed by atoms with van der Waals surface area (Å²) in [6, 6.07) is 7.29. The Hall–Kier alpha value is -2.34. The standard InChI is InChI=1S/C15H16N2O3S/c1-9-3-4-12(17-10(2)18)6-14(9)16-7-13-5-11(8-21-13)15(19)20/h3-6,8,16H,7H2,1-2H3,(H,17,18)(H,19,20). The SMILES string of the molecule is CC(=O)Nc1ccc(C)c(NCc2cc(C(=O)O)cs2)c1. The van der Waals surface area contributed by atoms with Crippen LogP contribution in [-0.2, 0) is 11.3 Å². The van der Waals surface area contributed by atoms with E-state index < -0.39 is 5.97 Å². The van der Waals surface area contributed by atoms with Crippen LogP contribution in [0.5, 0.6) is 0 Å². The van der Waals surface area contributed by atoms with Gasteiger partial charge in [-0.1, -0.05) is 6.07 Å². The van der Waals surface area contributed by atoms with Crippen molar-refractivity contribution < 1.29 is 14.7 Å². The summed E-state index contributed by atoms with van der Waals surface area (Å²) in [5.74, 6) is -1.03. The highest BCUT2D eigenvalue weighted by atomic mass is 32.1. The van der Waals surface area contributed by atoms with Gasteiger partial charge in [0.1, 0.15) is 0 Å². The maximum Gasteiger partial charge on any atom is 0.336 e. The summed E-state index contributed by atoms with van der Waals surface area (Å²) in [6.45, 7) is 3.98. The van der Waals surface area contributed by atoms with Crippen molar-refractivity contribution in [1.29, 1.82) is 0 Å². The highest BCUT2D eigenvalue weighted by molar-refractivity contribution is 7.10. The molecular weight excluding hydrogens is 288 g/mol. The van der Waals surface area contributed by atoms with Crippen molar-refractivity contribution >= 4 is 34.6 Å². The van der Waals surface area contributed by atoms with Crippen molar-refractivity contribution in [3.63, 3.8) is 0 Å².